The summed E-state index contributed by atoms with van der Waals surface area (Å²) in [7, 11) is 1.78. The van der Waals surface area contributed by atoms with Gasteiger partial charge in [0.05, 0.1) is 24.5 Å². The second-order valence-electron chi connectivity index (χ2n) is 3.21. The molecule has 2 unspecified atom stereocenters. The van der Waals surface area contributed by atoms with E-state index in [0.29, 0.717) is 11.6 Å². The van der Waals surface area contributed by atoms with Gasteiger partial charge in [-0.2, -0.15) is 0 Å². The highest BCUT2D eigenvalue weighted by molar-refractivity contribution is 5.41. The molecule has 0 aliphatic carbocycles. The third-order valence-electron chi connectivity index (χ3n) is 1.99. The van der Waals surface area contributed by atoms with Gasteiger partial charge >= 0.3 is 0 Å². The zero-order valence-corrected chi connectivity index (χ0v) is 8.65. The number of nitrogens with one attached hydrogen (secondary N) is 2. The van der Waals surface area contributed by atoms with Crippen LogP contribution < -0.4 is 10.6 Å². The summed E-state index contributed by atoms with van der Waals surface area (Å²) in [5.74, 6) is 1.36. The van der Waals surface area contributed by atoms with Gasteiger partial charge in [0.15, 0.2) is 0 Å². The van der Waals surface area contributed by atoms with E-state index >= 15 is 0 Å². The van der Waals surface area contributed by atoms with Gasteiger partial charge in [-0.15, -0.1) is 0 Å². The monoisotopic (exact) mass is 196 g/mol. The molecule has 5 nitrogen and oxygen atoms in total. The average Bonchev–Trinajstić information content (AvgIpc) is 2.18. The molecule has 78 valence electrons. The van der Waals surface area contributed by atoms with Crippen molar-refractivity contribution in [3.63, 3.8) is 0 Å². The summed E-state index contributed by atoms with van der Waals surface area (Å²) in [6.45, 7) is 3.62. The maximum atomic E-state index is 9.28. The topological polar surface area (TPSA) is 70.1 Å². The first-order valence-electron chi connectivity index (χ1n) is 4.58. The maximum absolute atomic E-state index is 9.28. The highest BCUT2D eigenvalue weighted by Crippen LogP contribution is 2.08. The molecule has 1 aromatic heterocycles. The summed E-state index contributed by atoms with van der Waals surface area (Å²) in [4.78, 5) is 8.22. The van der Waals surface area contributed by atoms with Crippen LogP contribution in [0.1, 0.15) is 13.8 Å². The number of aliphatic hydroxyl groups is 1. The highest BCUT2D eigenvalue weighted by Gasteiger charge is 2.08. The van der Waals surface area contributed by atoms with Gasteiger partial charge in [-0.1, -0.05) is 0 Å². The quantitative estimate of drug-likeness (QED) is 0.661. The largest absolute Gasteiger partial charge is 0.391 e. The van der Waals surface area contributed by atoms with Gasteiger partial charge in [0.25, 0.3) is 0 Å². The van der Waals surface area contributed by atoms with Gasteiger partial charge in [0, 0.05) is 7.05 Å². The molecule has 0 fully saturated rings. The summed E-state index contributed by atoms with van der Waals surface area (Å²) in [5, 5.41) is 15.2. The molecule has 0 radical (unpaired) electrons. The number of aromatic nitrogens is 2. The lowest BCUT2D eigenvalue weighted by Gasteiger charge is -2.16. The molecule has 0 aliphatic heterocycles. The fourth-order valence-electron chi connectivity index (χ4n) is 0.910. The van der Waals surface area contributed by atoms with Crippen LogP contribution in [0, 0.1) is 0 Å². The number of hydrogen-bond acceptors (Lipinski definition) is 5. The predicted molar refractivity (Wildman–Crippen MR) is 56.3 cm³/mol. The fraction of sp³-hybridized carbons (Fsp3) is 0.556. The van der Waals surface area contributed by atoms with E-state index in [1.165, 1.54) is 0 Å². The third kappa shape index (κ3) is 2.85. The molecule has 0 aromatic carbocycles. The molecule has 1 aromatic rings. The molecule has 1 rings (SSSR count). The van der Waals surface area contributed by atoms with E-state index in [0.717, 1.165) is 0 Å². The van der Waals surface area contributed by atoms with Crippen LogP contribution in [0.2, 0.25) is 0 Å². The van der Waals surface area contributed by atoms with Crippen molar-refractivity contribution < 1.29 is 5.11 Å². The Morgan fingerprint density at radius 3 is 2.50 bits per heavy atom. The Hall–Kier alpha value is -1.36. The Morgan fingerprint density at radius 1 is 1.29 bits per heavy atom. The lowest BCUT2D eigenvalue weighted by Crippen LogP contribution is -2.28. The molecule has 2 atom stereocenters. The smallest absolute Gasteiger partial charge is 0.147 e. The standard InChI is InChI=1S/C9H16N4O/c1-6(7(2)14)12-9-5-11-4-8(10-3)13-9/h4-7,14H,1-3H3,(H2,10,12,13). The first-order valence-corrected chi connectivity index (χ1v) is 4.58. The molecule has 0 saturated carbocycles. The molecular weight excluding hydrogens is 180 g/mol. The molecule has 5 heteroatoms. The highest BCUT2D eigenvalue weighted by atomic mass is 16.3. The molecular formula is C9H16N4O. The van der Waals surface area contributed by atoms with Crippen molar-refractivity contribution in [3.05, 3.63) is 12.4 Å². The van der Waals surface area contributed by atoms with Crippen LogP contribution in [0.4, 0.5) is 11.6 Å². The van der Waals surface area contributed by atoms with Crippen LogP contribution >= 0.6 is 0 Å². The molecule has 14 heavy (non-hydrogen) atoms. The van der Waals surface area contributed by atoms with Crippen LogP contribution in [0.5, 0.6) is 0 Å². The lowest BCUT2D eigenvalue weighted by molar-refractivity contribution is 0.177. The minimum Gasteiger partial charge on any atom is -0.391 e. The summed E-state index contributed by atoms with van der Waals surface area (Å²) >= 11 is 0. The fourth-order valence-corrected chi connectivity index (χ4v) is 0.910. The Labute approximate surface area is 83.6 Å². The van der Waals surface area contributed by atoms with E-state index < -0.39 is 6.10 Å². The molecule has 0 spiro atoms. The van der Waals surface area contributed by atoms with E-state index in [1.807, 2.05) is 6.92 Å². The van der Waals surface area contributed by atoms with Gasteiger partial charge in [0.2, 0.25) is 0 Å². The molecule has 0 aliphatic rings. The van der Waals surface area contributed by atoms with Crippen molar-refractivity contribution >= 4 is 11.6 Å². The lowest BCUT2D eigenvalue weighted by atomic mass is 10.2. The summed E-state index contributed by atoms with van der Waals surface area (Å²) in [6.07, 6.45) is 2.84. The van der Waals surface area contributed by atoms with Crippen molar-refractivity contribution in [2.45, 2.75) is 26.0 Å². The molecule has 0 saturated heterocycles. The van der Waals surface area contributed by atoms with Crippen molar-refractivity contribution in [2.24, 2.45) is 0 Å². The van der Waals surface area contributed by atoms with Gasteiger partial charge in [-0.25, -0.2) is 4.98 Å². The minimum absolute atomic E-state index is 0.0450. The van der Waals surface area contributed by atoms with E-state index in [2.05, 4.69) is 20.6 Å². The van der Waals surface area contributed by atoms with Crippen LogP contribution in [-0.2, 0) is 0 Å². The Balaban J connectivity index is 2.66. The molecule has 0 bridgehead atoms. The van der Waals surface area contributed by atoms with E-state index in [-0.39, 0.29) is 6.04 Å². The summed E-state index contributed by atoms with van der Waals surface area (Å²) < 4.78 is 0. The second kappa shape index (κ2) is 4.76. The van der Waals surface area contributed by atoms with Crippen molar-refractivity contribution in [1.82, 2.24) is 9.97 Å². The number of rotatable bonds is 4. The van der Waals surface area contributed by atoms with Crippen LogP contribution in [0.3, 0.4) is 0 Å². The van der Waals surface area contributed by atoms with Crippen molar-refractivity contribution in [3.8, 4) is 0 Å². The predicted octanol–water partition coefficient (Wildman–Crippen LogP) is 0.699. The van der Waals surface area contributed by atoms with Gasteiger partial charge in [-0.3, -0.25) is 4.98 Å². The number of nitrogens with zero attached hydrogens (tertiary/aromatic N) is 2. The van der Waals surface area contributed by atoms with Crippen LogP contribution in [0.25, 0.3) is 0 Å². The molecule has 1 heterocycles. The van der Waals surface area contributed by atoms with E-state index in [9.17, 15) is 5.11 Å². The van der Waals surface area contributed by atoms with Gasteiger partial charge in [0.1, 0.15) is 11.6 Å². The molecule has 0 amide bonds. The number of hydrogen-bond donors (Lipinski definition) is 3. The number of aliphatic hydroxyl groups excluding tert-OH is 1. The average molecular weight is 196 g/mol. The zero-order chi connectivity index (χ0) is 10.6. The Morgan fingerprint density at radius 2 is 1.93 bits per heavy atom. The minimum atomic E-state index is -0.421. The second-order valence-corrected chi connectivity index (χ2v) is 3.21. The Bertz CT molecular complexity index is 290. The molecule has 3 N–H and O–H groups in total. The number of anilines is 2. The zero-order valence-electron chi connectivity index (χ0n) is 8.65. The van der Waals surface area contributed by atoms with Gasteiger partial charge in [-0.05, 0) is 13.8 Å². The summed E-state index contributed by atoms with van der Waals surface area (Å²) in [5.41, 5.74) is 0. The van der Waals surface area contributed by atoms with Gasteiger partial charge < -0.3 is 15.7 Å². The Kier molecular flexibility index (Phi) is 3.64. The van der Waals surface area contributed by atoms with E-state index in [1.54, 1.807) is 26.4 Å². The van der Waals surface area contributed by atoms with E-state index in [4.69, 9.17) is 0 Å². The van der Waals surface area contributed by atoms with Crippen LogP contribution in [0.15, 0.2) is 12.4 Å². The third-order valence-corrected chi connectivity index (χ3v) is 1.99. The van der Waals surface area contributed by atoms with Crippen molar-refractivity contribution in [2.75, 3.05) is 17.7 Å². The SMILES string of the molecule is CNc1cncc(NC(C)C(C)O)n1. The maximum Gasteiger partial charge on any atom is 0.147 e. The first kappa shape index (κ1) is 10.7. The summed E-state index contributed by atoms with van der Waals surface area (Å²) in [6, 6.07) is -0.0450. The van der Waals surface area contributed by atoms with Crippen LogP contribution in [-0.4, -0.2) is 34.3 Å². The van der Waals surface area contributed by atoms with Crippen molar-refractivity contribution in [1.29, 1.82) is 0 Å². The normalized spacial score (nSPS) is 14.6. The first-order chi connectivity index (χ1) is 6.63.